The predicted molar refractivity (Wildman–Crippen MR) is 55.6 cm³/mol. The molecular formula is C11H10F3S. The monoisotopic (exact) mass is 231 g/mol. The first-order chi connectivity index (χ1) is 7.07. The van der Waals surface area contributed by atoms with Crippen molar-refractivity contribution in [2.75, 3.05) is 5.75 Å². The van der Waals surface area contributed by atoms with Gasteiger partial charge in [-0.25, -0.2) is 0 Å². The zero-order valence-corrected chi connectivity index (χ0v) is 8.68. The highest BCUT2D eigenvalue weighted by atomic mass is 32.2. The number of halogens is 3. The van der Waals surface area contributed by atoms with E-state index in [0.717, 1.165) is 5.56 Å². The molecule has 1 saturated heterocycles. The highest BCUT2D eigenvalue weighted by molar-refractivity contribution is 8.01. The molecule has 0 nitrogen and oxygen atoms in total. The van der Waals surface area contributed by atoms with Crippen molar-refractivity contribution in [1.29, 1.82) is 0 Å². The van der Waals surface area contributed by atoms with Crippen molar-refractivity contribution < 1.29 is 13.2 Å². The van der Waals surface area contributed by atoms with Gasteiger partial charge in [0.2, 0.25) is 0 Å². The van der Waals surface area contributed by atoms with Crippen LogP contribution in [0.2, 0.25) is 0 Å². The van der Waals surface area contributed by atoms with Crippen molar-refractivity contribution in [1.82, 2.24) is 0 Å². The topological polar surface area (TPSA) is 0 Å². The molecule has 1 fully saturated rings. The Morgan fingerprint density at radius 1 is 1.20 bits per heavy atom. The van der Waals surface area contributed by atoms with Gasteiger partial charge in [-0.05, 0) is 5.56 Å². The van der Waals surface area contributed by atoms with Crippen LogP contribution in [0.25, 0.3) is 0 Å². The maximum absolute atomic E-state index is 12.4. The average molecular weight is 231 g/mol. The van der Waals surface area contributed by atoms with Crippen LogP contribution in [-0.4, -0.2) is 17.2 Å². The van der Waals surface area contributed by atoms with Gasteiger partial charge in [0.15, 0.2) is 0 Å². The Hall–Kier alpha value is -0.640. The van der Waals surface area contributed by atoms with E-state index in [1.54, 1.807) is 6.42 Å². The van der Waals surface area contributed by atoms with Crippen molar-refractivity contribution in [3.05, 3.63) is 42.3 Å². The number of thioether (sulfide) groups is 1. The van der Waals surface area contributed by atoms with Crippen molar-refractivity contribution in [3.8, 4) is 0 Å². The summed E-state index contributed by atoms with van der Waals surface area (Å²) in [5.74, 6) is -0.972. The van der Waals surface area contributed by atoms with Gasteiger partial charge in [0.25, 0.3) is 0 Å². The Balaban J connectivity index is 1.97. The molecule has 1 aliphatic heterocycles. The molecule has 4 heteroatoms. The fourth-order valence-corrected chi connectivity index (χ4v) is 2.71. The summed E-state index contributed by atoms with van der Waals surface area (Å²) in [4.78, 5) is 0. The van der Waals surface area contributed by atoms with Crippen LogP contribution in [0.4, 0.5) is 13.2 Å². The molecule has 1 aromatic rings. The zero-order valence-electron chi connectivity index (χ0n) is 7.87. The fourth-order valence-electron chi connectivity index (χ4n) is 1.50. The van der Waals surface area contributed by atoms with E-state index in [0.29, 0.717) is 0 Å². The zero-order chi connectivity index (χ0) is 10.9. The molecule has 2 atom stereocenters. The standard InChI is InChI=1S/C11H10F3S/c12-11(13,14)9-7-15-10(9)6-8-4-2-1-3-5-8/h1-6,9-10H,7H2. The molecule has 2 rings (SSSR count). The normalized spacial score (nSPS) is 26.1. The molecule has 0 aliphatic carbocycles. The summed E-state index contributed by atoms with van der Waals surface area (Å²) in [6, 6.07) is 9.17. The van der Waals surface area contributed by atoms with Gasteiger partial charge < -0.3 is 0 Å². The Morgan fingerprint density at radius 2 is 1.87 bits per heavy atom. The van der Waals surface area contributed by atoms with Crippen LogP contribution < -0.4 is 0 Å². The highest BCUT2D eigenvalue weighted by Crippen LogP contribution is 2.46. The molecule has 15 heavy (non-hydrogen) atoms. The minimum Gasteiger partial charge on any atom is -0.171 e. The maximum Gasteiger partial charge on any atom is 0.393 e. The summed E-state index contributed by atoms with van der Waals surface area (Å²) in [7, 11) is 0. The minimum atomic E-state index is -4.05. The maximum atomic E-state index is 12.4. The molecule has 0 aromatic heterocycles. The first kappa shape index (κ1) is 10.9. The SMILES string of the molecule is FC(F)(F)C1CSC1[CH]c1ccccc1. The van der Waals surface area contributed by atoms with Crippen LogP contribution in [0.1, 0.15) is 5.56 Å². The van der Waals surface area contributed by atoms with E-state index < -0.39 is 17.3 Å². The van der Waals surface area contributed by atoms with Gasteiger partial charge in [-0.1, -0.05) is 30.3 Å². The van der Waals surface area contributed by atoms with E-state index in [2.05, 4.69) is 0 Å². The third kappa shape index (κ3) is 2.48. The Kier molecular flexibility index (Phi) is 2.96. The smallest absolute Gasteiger partial charge is 0.171 e. The summed E-state index contributed by atoms with van der Waals surface area (Å²) in [5, 5.41) is -0.410. The van der Waals surface area contributed by atoms with Crippen LogP contribution in [0.5, 0.6) is 0 Å². The lowest BCUT2D eigenvalue weighted by atomic mass is 9.99. The van der Waals surface area contributed by atoms with E-state index in [-0.39, 0.29) is 5.75 Å². The van der Waals surface area contributed by atoms with Gasteiger partial charge in [0.1, 0.15) is 0 Å². The van der Waals surface area contributed by atoms with Gasteiger partial charge in [-0.3, -0.25) is 0 Å². The lowest BCUT2D eigenvalue weighted by Gasteiger charge is -2.37. The quantitative estimate of drug-likeness (QED) is 0.750. The molecule has 0 amide bonds. The van der Waals surface area contributed by atoms with Crippen LogP contribution >= 0.6 is 11.8 Å². The molecule has 1 radical (unpaired) electrons. The molecule has 1 aromatic carbocycles. The predicted octanol–water partition coefficient (Wildman–Crippen LogP) is 3.53. The summed E-state index contributed by atoms with van der Waals surface area (Å²) in [6.45, 7) is 0. The Morgan fingerprint density at radius 3 is 2.33 bits per heavy atom. The van der Waals surface area contributed by atoms with Crippen LogP contribution in [0, 0.1) is 12.3 Å². The highest BCUT2D eigenvalue weighted by Gasteiger charge is 2.50. The molecule has 1 aliphatic rings. The van der Waals surface area contributed by atoms with E-state index >= 15 is 0 Å². The van der Waals surface area contributed by atoms with Gasteiger partial charge in [0.05, 0.1) is 5.92 Å². The number of hydrogen-bond acceptors (Lipinski definition) is 1. The summed E-state index contributed by atoms with van der Waals surface area (Å²) < 4.78 is 37.3. The minimum absolute atomic E-state index is 0.192. The first-order valence-corrected chi connectivity index (χ1v) is 5.70. The second-order valence-electron chi connectivity index (χ2n) is 3.52. The molecule has 0 spiro atoms. The molecule has 1 heterocycles. The largest absolute Gasteiger partial charge is 0.393 e. The van der Waals surface area contributed by atoms with Crippen molar-refractivity contribution in [2.45, 2.75) is 11.4 Å². The number of alkyl halides is 3. The Bertz CT molecular complexity index is 320. The van der Waals surface area contributed by atoms with E-state index in [4.69, 9.17) is 0 Å². The molecule has 0 saturated carbocycles. The van der Waals surface area contributed by atoms with Crippen LogP contribution in [0.15, 0.2) is 30.3 Å². The van der Waals surface area contributed by atoms with Crippen LogP contribution in [-0.2, 0) is 0 Å². The summed E-state index contributed by atoms with van der Waals surface area (Å²) in [5.41, 5.74) is 0.865. The van der Waals surface area contributed by atoms with Crippen molar-refractivity contribution in [2.24, 2.45) is 5.92 Å². The van der Waals surface area contributed by atoms with Crippen LogP contribution in [0.3, 0.4) is 0 Å². The second-order valence-corrected chi connectivity index (χ2v) is 4.73. The van der Waals surface area contributed by atoms with Gasteiger partial charge in [0, 0.05) is 17.4 Å². The van der Waals surface area contributed by atoms with Gasteiger partial charge in [-0.2, -0.15) is 24.9 Å². The van der Waals surface area contributed by atoms with E-state index in [1.807, 2.05) is 30.3 Å². The summed E-state index contributed by atoms with van der Waals surface area (Å²) >= 11 is 1.36. The fraction of sp³-hybridized carbons (Fsp3) is 0.364. The second kappa shape index (κ2) is 4.08. The van der Waals surface area contributed by atoms with E-state index in [9.17, 15) is 13.2 Å². The average Bonchev–Trinajstić information content (AvgIpc) is 2.11. The molecule has 81 valence electrons. The van der Waals surface area contributed by atoms with E-state index in [1.165, 1.54) is 11.8 Å². The number of hydrogen-bond donors (Lipinski definition) is 0. The van der Waals surface area contributed by atoms with Crippen molar-refractivity contribution >= 4 is 11.8 Å². The van der Waals surface area contributed by atoms with Gasteiger partial charge in [-0.15, -0.1) is 0 Å². The van der Waals surface area contributed by atoms with Crippen molar-refractivity contribution in [3.63, 3.8) is 0 Å². The molecular weight excluding hydrogens is 221 g/mol. The number of benzene rings is 1. The lowest BCUT2D eigenvalue weighted by Crippen LogP contribution is -2.42. The first-order valence-electron chi connectivity index (χ1n) is 4.65. The number of rotatable bonds is 2. The Labute approximate surface area is 90.9 Å². The molecule has 0 N–H and O–H groups in total. The molecule has 0 bridgehead atoms. The third-order valence-corrected chi connectivity index (χ3v) is 3.84. The summed E-state index contributed by atoms with van der Waals surface area (Å²) in [6.07, 6.45) is -2.35. The lowest BCUT2D eigenvalue weighted by molar-refractivity contribution is -0.169. The molecule has 2 unspecified atom stereocenters. The van der Waals surface area contributed by atoms with Gasteiger partial charge >= 0.3 is 6.18 Å². The third-order valence-electron chi connectivity index (χ3n) is 2.44.